The number of anilines is 2. The number of amides is 1. The summed E-state index contributed by atoms with van der Waals surface area (Å²) >= 11 is 6.28. The molecule has 0 atom stereocenters. The first-order chi connectivity index (χ1) is 15.7. The lowest BCUT2D eigenvalue weighted by molar-refractivity contribution is -0.114. The van der Waals surface area contributed by atoms with Crippen molar-refractivity contribution in [1.82, 2.24) is 0 Å². The minimum Gasteiger partial charge on any atom is -0.462 e. The molecule has 0 saturated heterocycles. The number of halogens is 1. The highest BCUT2D eigenvalue weighted by Crippen LogP contribution is 2.30. The SMILES string of the molecule is CCOC(=O)c1ccc(C)c(NC(=O)CN(c2ccccc2Cl)S(=O)(=O)c2ccccc2)c1. The standard InChI is InChI=1S/C24H23ClN2O5S/c1-3-32-24(29)18-14-13-17(2)21(15-18)26-23(28)16-27(22-12-8-7-11-20(22)25)33(30,31)19-9-5-4-6-10-19/h4-15H,3,16H2,1-2H3,(H,26,28). The number of carbonyl (C=O) groups excluding carboxylic acids is 2. The molecular weight excluding hydrogens is 464 g/mol. The first-order valence-electron chi connectivity index (χ1n) is 10.1. The molecule has 172 valence electrons. The molecule has 7 nitrogen and oxygen atoms in total. The van der Waals surface area contributed by atoms with Gasteiger partial charge in [0.15, 0.2) is 0 Å². The van der Waals surface area contributed by atoms with Crippen LogP contribution in [0.25, 0.3) is 0 Å². The first kappa shape index (κ1) is 24.3. The molecule has 0 fully saturated rings. The van der Waals surface area contributed by atoms with Crippen LogP contribution in [0.2, 0.25) is 5.02 Å². The number of ether oxygens (including phenoxy) is 1. The molecule has 0 aliphatic rings. The van der Waals surface area contributed by atoms with E-state index in [-0.39, 0.29) is 27.8 Å². The predicted octanol–water partition coefficient (Wildman–Crippen LogP) is 4.66. The van der Waals surface area contributed by atoms with E-state index in [1.807, 2.05) is 0 Å². The van der Waals surface area contributed by atoms with Crippen LogP contribution >= 0.6 is 11.6 Å². The maximum absolute atomic E-state index is 13.4. The molecule has 3 aromatic carbocycles. The second-order valence-corrected chi connectivity index (χ2v) is 9.34. The van der Waals surface area contributed by atoms with Crippen molar-refractivity contribution in [3.8, 4) is 0 Å². The average Bonchev–Trinajstić information content (AvgIpc) is 2.80. The predicted molar refractivity (Wildman–Crippen MR) is 128 cm³/mol. The second-order valence-electron chi connectivity index (χ2n) is 7.07. The highest BCUT2D eigenvalue weighted by Gasteiger charge is 2.28. The maximum atomic E-state index is 13.4. The Hall–Kier alpha value is -3.36. The van der Waals surface area contributed by atoms with Gasteiger partial charge in [0.2, 0.25) is 5.91 Å². The number of benzene rings is 3. The first-order valence-corrected chi connectivity index (χ1v) is 12.0. The minimum atomic E-state index is -4.09. The fourth-order valence-electron chi connectivity index (χ4n) is 3.09. The molecule has 3 rings (SSSR count). The van der Waals surface area contributed by atoms with Crippen LogP contribution in [-0.4, -0.2) is 33.4 Å². The largest absolute Gasteiger partial charge is 0.462 e. The van der Waals surface area contributed by atoms with Gasteiger partial charge in [-0.2, -0.15) is 0 Å². The number of carbonyl (C=O) groups is 2. The summed E-state index contributed by atoms with van der Waals surface area (Å²) in [6, 6.07) is 19.0. The molecule has 0 heterocycles. The van der Waals surface area contributed by atoms with Gasteiger partial charge in [0, 0.05) is 5.69 Å². The van der Waals surface area contributed by atoms with Crippen molar-refractivity contribution in [2.75, 3.05) is 22.8 Å². The van der Waals surface area contributed by atoms with Gasteiger partial charge < -0.3 is 10.1 Å². The number of aryl methyl sites for hydroxylation is 1. The molecule has 0 unspecified atom stereocenters. The van der Waals surface area contributed by atoms with E-state index in [0.717, 1.165) is 4.31 Å². The van der Waals surface area contributed by atoms with E-state index in [2.05, 4.69) is 5.32 Å². The Kier molecular flexibility index (Phi) is 7.73. The van der Waals surface area contributed by atoms with E-state index < -0.39 is 28.4 Å². The zero-order chi connectivity index (χ0) is 24.0. The van der Waals surface area contributed by atoms with Crippen molar-refractivity contribution < 1.29 is 22.7 Å². The molecule has 1 amide bonds. The number of nitrogens with zero attached hydrogens (tertiary/aromatic N) is 1. The fourth-order valence-corrected chi connectivity index (χ4v) is 4.84. The summed E-state index contributed by atoms with van der Waals surface area (Å²) in [5.41, 5.74) is 1.53. The molecular formula is C24H23ClN2O5S. The highest BCUT2D eigenvalue weighted by molar-refractivity contribution is 7.92. The van der Waals surface area contributed by atoms with Crippen LogP contribution in [0.4, 0.5) is 11.4 Å². The molecule has 33 heavy (non-hydrogen) atoms. The van der Waals surface area contributed by atoms with E-state index in [4.69, 9.17) is 16.3 Å². The summed E-state index contributed by atoms with van der Waals surface area (Å²) in [5, 5.41) is 2.88. The van der Waals surface area contributed by atoms with Gasteiger partial charge in [0.1, 0.15) is 6.54 Å². The molecule has 1 N–H and O–H groups in total. The van der Waals surface area contributed by atoms with Gasteiger partial charge in [-0.05, 0) is 55.8 Å². The number of rotatable bonds is 8. The molecule has 0 aliphatic heterocycles. The molecule has 0 saturated carbocycles. The van der Waals surface area contributed by atoms with Crippen LogP contribution in [0.15, 0.2) is 77.7 Å². The molecule has 3 aromatic rings. The third kappa shape index (κ3) is 5.71. The Morgan fingerprint density at radius 3 is 2.33 bits per heavy atom. The number of hydrogen-bond acceptors (Lipinski definition) is 5. The second kappa shape index (κ2) is 10.5. The van der Waals surface area contributed by atoms with Crippen LogP contribution in [0.3, 0.4) is 0 Å². The van der Waals surface area contributed by atoms with Gasteiger partial charge in [-0.25, -0.2) is 13.2 Å². The lowest BCUT2D eigenvalue weighted by Crippen LogP contribution is -2.38. The van der Waals surface area contributed by atoms with Crippen molar-refractivity contribution in [2.24, 2.45) is 0 Å². The summed E-state index contributed by atoms with van der Waals surface area (Å²) in [6.45, 7) is 3.16. The summed E-state index contributed by atoms with van der Waals surface area (Å²) in [7, 11) is -4.09. The van der Waals surface area contributed by atoms with Crippen molar-refractivity contribution in [3.05, 3.63) is 88.9 Å². The topological polar surface area (TPSA) is 92.8 Å². The lowest BCUT2D eigenvalue weighted by Gasteiger charge is -2.25. The quantitative estimate of drug-likeness (QED) is 0.467. The van der Waals surface area contributed by atoms with Gasteiger partial charge in [0.25, 0.3) is 10.0 Å². The summed E-state index contributed by atoms with van der Waals surface area (Å²) in [4.78, 5) is 25.0. The summed E-state index contributed by atoms with van der Waals surface area (Å²) in [6.07, 6.45) is 0. The normalized spacial score (nSPS) is 11.0. The van der Waals surface area contributed by atoms with Gasteiger partial charge in [-0.15, -0.1) is 0 Å². The van der Waals surface area contributed by atoms with E-state index in [1.165, 1.54) is 24.3 Å². The van der Waals surface area contributed by atoms with Gasteiger partial charge in [-0.3, -0.25) is 9.10 Å². The number of sulfonamides is 1. The number of hydrogen-bond donors (Lipinski definition) is 1. The minimum absolute atomic E-state index is 0.0261. The van der Waals surface area contributed by atoms with Crippen molar-refractivity contribution in [2.45, 2.75) is 18.7 Å². The third-order valence-corrected chi connectivity index (χ3v) is 6.86. The van der Waals surface area contributed by atoms with Crippen molar-refractivity contribution in [1.29, 1.82) is 0 Å². The molecule has 9 heteroatoms. The lowest BCUT2D eigenvalue weighted by atomic mass is 10.1. The van der Waals surface area contributed by atoms with E-state index >= 15 is 0 Å². The van der Waals surface area contributed by atoms with Crippen LogP contribution in [-0.2, 0) is 19.6 Å². The average molecular weight is 487 g/mol. The number of para-hydroxylation sites is 1. The smallest absolute Gasteiger partial charge is 0.338 e. The Morgan fingerprint density at radius 1 is 1.00 bits per heavy atom. The number of nitrogens with one attached hydrogen (secondary N) is 1. The monoisotopic (exact) mass is 486 g/mol. The summed E-state index contributed by atoms with van der Waals surface area (Å²) < 4.78 is 32.7. The zero-order valence-corrected chi connectivity index (χ0v) is 19.7. The molecule has 0 bridgehead atoms. The van der Waals surface area contributed by atoms with E-state index in [9.17, 15) is 18.0 Å². The van der Waals surface area contributed by atoms with Gasteiger partial charge >= 0.3 is 5.97 Å². The zero-order valence-electron chi connectivity index (χ0n) is 18.1. The fraction of sp³-hybridized carbons (Fsp3) is 0.167. The van der Waals surface area contributed by atoms with Crippen LogP contribution < -0.4 is 9.62 Å². The number of esters is 1. The molecule has 0 radical (unpaired) electrons. The van der Waals surface area contributed by atoms with Crippen LogP contribution in [0, 0.1) is 6.92 Å². The Bertz CT molecular complexity index is 1260. The Labute approximate surface area is 198 Å². The van der Waals surface area contributed by atoms with E-state index in [0.29, 0.717) is 11.3 Å². The Morgan fingerprint density at radius 2 is 1.67 bits per heavy atom. The van der Waals surface area contributed by atoms with Gasteiger partial charge in [-0.1, -0.05) is 48.0 Å². The Balaban J connectivity index is 1.93. The van der Waals surface area contributed by atoms with Crippen LogP contribution in [0.5, 0.6) is 0 Å². The van der Waals surface area contributed by atoms with Crippen LogP contribution in [0.1, 0.15) is 22.8 Å². The summed E-state index contributed by atoms with van der Waals surface area (Å²) in [5.74, 6) is -1.11. The van der Waals surface area contributed by atoms with Crippen molar-refractivity contribution >= 4 is 44.9 Å². The van der Waals surface area contributed by atoms with Crippen molar-refractivity contribution in [3.63, 3.8) is 0 Å². The molecule has 0 spiro atoms. The third-order valence-electron chi connectivity index (χ3n) is 4.76. The molecule has 0 aliphatic carbocycles. The van der Waals surface area contributed by atoms with Gasteiger partial charge in [0.05, 0.1) is 27.8 Å². The van der Waals surface area contributed by atoms with E-state index in [1.54, 1.807) is 62.4 Å². The molecule has 0 aromatic heterocycles. The highest BCUT2D eigenvalue weighted by atomic mass is 35.5. The maximum Gasteiger partial charge on any atom is 0.338 e.